The van der Waals surface area contributed by atoms with Gasteiger partial charge in [0.05, 0.1) is 11.7 Å². The number of benzene rings is 4. The molecule has 5 heteroatoms. The van der Waals surface area contributed by atoms with E-state index in [2.05, 4.69) is 108 Å². The standard InChI is InChI=1S/C29H27O2S2Si/c1-30-25-19-24(22-10-8-11-23(18-22)29-32-16-9-17-33-29)20-26(21-25)31-34(27-12-4-2-5-13-27)28-14-6-3-7-15-28/h2-8,10-15,18-21,29H,9,16-17H2,1H3. The van der Waals surface area contributed by atoms with Gasteiger partial charge in [-0.15, -0.1) is 23.5 Å². The smallest absolute Gasteiger partial charge is 0.352 e. The molecule has 0 saturated carbocycles. The Kier molecular flexibility index (Phi) is 7.64. The Morgan fingerprint density at radius 1 is 0.676 bits per heavy atom. The molecule has 1 aliphatic rings. The van der Waals surface area contributed by atoms with Crippen molar-refractivity contribution in [2.45, 2.75) is 11.0 Å². The lowest BCUT2D eigenvalue weighted by Crippen LogP contribution is -2.47. The van der Waals surface area contributed by atoms with E-state index in [1.54, 1.807) is 7.11 Å². The highest BCUT2D eigenvalue weighted by atomic mass is 32.2. The zero-order chi connectivity index (χ0) is 23.2. The molecule has 0 unspecified atom stereocenters. The Morgan fingerprint density at radius 3 is 1.97 bits per heavy atom. The maximum Gasteiger partial charge on any atom is 0.352 e. The van der Waals surface area contributed by atoms with Crippen molar-refractivity contribution in [2.75, 3.05) is 18.6 Å². The van der Waals surface area contributed by atoms with Gasteiger partial charge in [-0.25, -0.2) is 0 Å². The topological polar surface area (TPSA) is 18.5 Å². The number of thioether (sulfide) groups is 2. The molecule has 0 spiro atoms. The first-order valence-electron chi connectivity index (χ1n) is 11.5. The summed E-state index contributed by atoms with van der Waals surface area (Å²) in [7, 11) is 0.256. The highest BCUT2D eigenvalue weighted by molar-refractivity contribution is 8.16. The van der Waals surface area contributed by atoms with E-state index in [0.29, 0.717) is 4.58 Å². The van der Waals surface area contributed by atoms with E-state index >= 15 is 0 Å². The van der Waals surface area contributed by atoms with Crippen molar-refractivity contribution in [3.63, 3.8) is 0 Å². The SMILES string of the molecule is COc1cc(O[Si](c2ccccc2)c2ccccc2)cc(-c2cccc(C3SCCCS3)c2)c1. The third-order valence-corrected chi connectivity index (χ3v) is 10.9. The molecule has 1 aliphatic heterocycles. The van der Waals surface area contributed by atoms with Gasteiger partial charge < -0.3 is 9.16 Å². The van der Waals surface area contributed by atoms with Crippen LogP contribution in [0.5, 0.6) is 11.5 Å². The van der Waals surface area contributed by atoms with Crippen LogP contribution in [0.4, 0.5) is 0 Å². The van der Waals surface area contributed by atoms with Crippen LogP contribution in [0.15, 0.2) is 103 Å². The van der Waals surface area contributed by atoms with E-state index in [-0.39, 0.29) is 0 Å². The Bertz CT molecular complexity index is 1170. The fourth-order valence-corrected chi connectivity index (χ4v) is 8.83. The average Bonchev–Trinajstić information content (AvgIpc) is 2.93. The molecule has 1 radical (unpaired) electrons. The summed E-state index contributed by atoms with van der Waals surface area (Å²) < 4.78 is 12.9. The van der Waals surface area contributed by atoms with Crippen molar-refractivity contribution in [3.8, 4) is 22.6 Å². The van der Waals surface area contributed by atoms with Gasteiger partial charge in [-0.05, 0) is 63.2 Å². The molecule has 2 nitrogen and oxygen atoms in total. The zero-order valence-corrected chi connectivity index (χ0v) is 21.8. The van der Waals surface area contributed by atoms with Gasteiger partial charge in [-0.1, -0.05) is 78.9 Å². The van der Waals surface area contributed by atoms with Gasteiger partial charge in [0, 0.05) is 6.07 Å². The average molecular weight is 500 g/mol. The highest BCUT2D eigenvalue weighted by Crippen LogP contribution is 2.44. The molecular weight excluding hydrogens is 473 g/mol. The number of rotatable bonds is 7. The van der Waals surface area contributed by atoms with Crippen LogP contribution in [0.2, 0.25) is 0 Å². The zero-order valence-electron chi connectivity index (χ0n) is 19.1. The predicted octanol–water partition coefficient (Wildman–Crippen LogP) is 6.42. The Balaban J connectivity index is 1.49. The quantitative estimate of drug-likeness (QED) is 0.273. The minimum absolute atomic E-state index is 0.515. The molecule has 171 valence electrons. The summed E-state index contributed by atoms with van der Waals surface area (Å²) in [5.41, 5.74) is 3.70. The lowest BCUT2D eigenvalue weighted by atomic mass is 10.0. The second-order valence-electron chi connectivity index (χ2n) is 8.11. The van der Waals surface area contributed by atoms with Gasteiger partial charge in [0.2, 0.25) is 0 Å². The van der Waals surface area contributed by atoms with Crippen LogP contribution >= 0.6 is 23.5 Å². The highest BCUT2D eigenvalue weighted by Gasteiger charge is 2.22. The van der Waals surface area contributed by atoms with Crippen LogP contribution in [0.3, 0.4) is 0 Å². The molecule has 1 fully saturated rings. The first-order chi connectivity index (χ1) is 16.8. The van der Waals surface area contributed by atoms with E-state index in [1.807, 2.05) is 18.2 Å². The molecule has 0 atom stereocenters. The van der Waals surface area contributed by atoms with Crippen LogP contribution in [-0.2, 0) is 0 Å². The van der Waals surface area contributed by atoms with Crippen LogP contribution < -0.4 is 19.5 Å². The fourth-order valence-electron chi connectivity index (χ4n) is 4.04. The number of hydrogen-bond donors (Lipinski definition) is 0. The third-order valence-electron chi connectivity index (χ3n) is 5.73. The summed E-state index contributed by atoms with van der Waals surface area (Å²) in [6.45, 7) is 0. The summed E-state index contributed by atoms with van der Waals surface area (Å²) in [5, 5.41) is 2.44. The van der Waals surface area contributed by atoms with Gasteiger partial charge in [-0.2, -0.15) is 0 Å². The van der Waals surface area contributed by atoms with E-state index < -0.39 is 9.04 Å². The minimum Gasteiger partial charge on any atom is -0.532 e. The van der Waals surface area contributed by atoms with Crippen molar-refractivity contribution in [1.82, 2.24) is 0 Å². The first-order valence-corrected chi connectivity index (χ1v) is 15.0. The first kappa shape index (κ1) is 23.2. The van der Waals surface area contributed by atoms with Crippen LogP contribution in [-0.4, -0.2) is 27.7 Å². The monoisotopic (exact) mass is 499 g/mol. The van der Waals surface area contributed by atoms with Crippen molar-refractivity contribution in [3.05, 3.63) is 109 Å². The Labute approximate surface area is 212 Å². The molecule has 34 heavy (non-hydrogen) atoms. The van der Waals surface area contributed by atoms with Gasteiger partial charge >= 0.3 is 9.04 Å². The molecule has 0 aliphatic carbocycles. The van der Waals surface area contributed by atoms with Crippen LogP contribution in [0.25, 0.3) is 11.1 Å². The summed E-state index contributed by atoms with van der Waals surface area (Å²) >= 11 is 4.10. The predicted molar refractivity (Wildman–Crippen MR) is 149 cm³/mol. The lowest BCUT2D eigenvalue weighted by Gasteiger charge is -2.22. The molecule has 5 rings (SSSR count). The summed E-state index contributed by atoms with van der Waals surface area (Å²) in [5.74, 6) is 4.12. The summed E-state index contributed by atoms with van der Waals surface area (Å²) in [6, 6.07) is 36.2. The second kappa shape index (κ2) is 11.2. The largest absolute Gasteiger partial charge is 0.532 e. The maximum atomic E-state index is 6.75. The van der Waals surface area contributed by atoms with Crippen molar-refractivity contribution in [1.29, 1.82) is 0 Å². The van der Waals surface area contributed by atoms with Crippen LogP contribution in [0.1, 0.15) is 16.6 Å². The van der Waals surface area contributed by atoms with Crippen molar-refractivity contribution < 1.29 is 9.16 Å². The molecule has 0 aromatic heterocycles. The minimum atomic E-state index is -1.46. The molecule has 1 heterocycles. The van der Waals surface area contributed by atoms with Gasteiger partial charge in [0.1, 0.15) is 11.5 Å². The van der Waals surface area contributed by atoms with Crippen molar-refractivity contribution in [2.24, 2.45) is 0 Å². The van der Waals surface area contributed by atoms with Gasteiger partial charge in [-0.3, -0.25) is 0 Å². The Hall–Kier alpha value is -2.60. The number of methoxy groups -OCH3 is 1. The molecule has 0 bridgehead atoms. The van der Waals surface area contributed by atoms with Crippen molar-refractivity contribution >= 4 is 42.9 Å². The molecule has 1 saturated heterocycles. The molecular formula is C29H27O2S2Si. The lowest BCUT2D eigenvalue weighted by molar-refractivity contribution is 0.412. The molecule has 0 N–H and O–H groups in total. The summed E-state index contributed by atoms with van der Waals surface area (Å²) in [6.07, 6.45) is 1.30. The molecule has 4 aromatic carbocycles. The number of ether oxygens (including phenoxy) is 1. The van der Waals surface area contributed by atoms with Gasteiger partial charge in [0.25, 0.3) is 0 Å². The maximum absolute atomic E-state index is 6.75. The fraction of sp³-hybridized carbons (Fsp3) is 0.172. The third kappa shape index (κ3) is 5.54. The molecule has 0 amide bonds. The van der Waals surface area contributed by atoms with Crippen LogP contribution in [0, 0.1) is 0 Å². The molecule has 4 aromatic rings. The second-order valence-corrected chi connectivity index (χ2v) is 12.9. The van der Waals surface area contributed by atoms with E-state index in [4.69, 9.17) is 9.16 Å². The number of hydrogen-bond acceptors (Lipinski definition) is 4. The van der Waals surface area contributed by atoms with E-state index in [0.717, 1.165) is 17.1 Å². The van der Waals surface area contributed by atoms with Gasteiger partial charge in [0.15, 0.2) is 0 Å². The Morgan fingerprint density at radius 2 is 1.32 bits per heavy atom. The van der Waals surface area contributed by atoms with E-state index in [1.165, 1.54) is 39.4 Å². The van der Waals surface area contributed by atoms with E-state index in [9.17, 15) is 0 Å². The summed E-state index contributed by atoms with van der Waals surface area (Å²) in [4.78, 5) is 0. The normalized spacial score (nSPS) is 14.2.